The lowest BCUT2D eigenvalue weighted by Crippen LogP contribution is -2.20. The molecular weight excluding hydrogens is 304 g/mol. The number of carbonyl (C=O) groups excluding carboxylic acids is 1. The summed E-state index contributed by atoms with van der Waals surface area (Å²) in [5.74, 6) is 0.295. The molecule has 0 aliphatic carbocycles. The number of carbonyl (C=O) groups is 1. The smallest absolute Gasteiger partial charge is 0.258 e. The molecule has 1 unspecified atom stereocenters. The normalized spacial score (nSPS) is 16.8. The molecule has 1 fully saturated rings. The Bertz CT molecular complexity index is 709. The van der Waals surface area contributed by atoms with Gasteiger partial charge in [0.1, 0.15) is 0 Å². The molecule has 6 nitrogen and oxygen atoms in total. The van der Waals surface area contributed by atoms with Crippen molar-refractivity contribution in [3.8, 4) is 0 Å². The van der Waals surface area contributed by atoms with E-state index in [-0.39, 0.29) is 12.0 Å². The van der Waals surface area contributed by atoms with Crippen LogP contribution in [-0.2, 0) is 4.74 Å². The first kappa shape index (κ1) is 16.4. The number of benzene rings is 1. The van der Waals surface area contributed by atoms with Gasteiger partial charge in [-0.25, -0.2) is 9.97 Å². The predicted molar refractivity (Wildman–Crippen MR) is 93.4 cm³/mol. The van der Waals surface area contributed by atoms with E-state index in [9.17, 15) is 4.79 Å². The summed E-state index contributed by atoms with van der Waals surface area (Å²) in [6, 6.07) is 5.95. The van der Waals surface area contributed by atoms with Gasteiger partial charge in [0.05, 0.1) is 11.7 Å². The molecule has 1 saturated heterocycles. The third kappa shape index (κ3) is 4.08. The summed E-state index contributed by atoms with van der Waals surface area (Å²) in [6.07, 6.45) is 5.45. The van der Waals surface area contributed by atoms with Crippen LogP contribution < -0.4 is 10.6 Å². The number of nitrogens with zero attached hydrogens (tertiary/aromatic N) is 2. The van der Waals surface area contributed by atoms with Crippen molar-refractivity contribution in [1.82, 2.24) is 9.97 Å². The van der Waals surface area contributed by atoms with Gasteiger partial charge in [-0.3, -0.25) is 4.79 Å². The maximum atomic E-state index is 12.3. The minimum absolute atomic E-state index is 0.214. The van der Waals surface area contributed by atoms with Gasteiger partial charge in [-0.15, -0.1) is 0 Å². The monoisotopic (exact) mass is 326 g/mol. The Morgan fingerprint density at radius 1 is 1.29 bits per heavy atom. The second-order valence-corrected chi connectivity index (χ2v) is 6.08. The second kappa shape index (κ2) is 7.40. The zero-order valence-electron chi connectivity index (χ0n) is 14.0. The van der Waals surface area contributed by atoms with Crippen molar-refractivity contribution in [3.63, 3.8) is 0 Å². The first-order chi connectivity index (χ1) is 11.6. The van der Waals surface area contributed by atoms with Crippen molar-refractivity contribution in [2.24, 2.45) is 0 Å². The maximum absolute atomic E-state index is 12.3. The molecule has 1 amide bonds. The van der Waals surface area contributed by atoms with Crippen LogP contribution in [0.2, 0.25) is 0 Å². The molecule has 1 aliphatic rings. The van der Waals surface area contributed by atoms with Gasteiger partial charge in [-0.1, -0.05) is 12.1 Å². The molecule has 2 N–H and O–H groups in total. The maximum Gasteiger partial charge on any atom is 0.258 e. The van der Waals surface area contributed by atoms with Crippen molar-refractivity contribution in [3.05, 3.63) is 47.3 Å². The SMILES string of the molecule is Cc1ccc(C)c(NC(=O)c2cnc(NCC3CCCO3)nc2)c1. The number of aromatic nitrogens is 2. The van der Waals surface area contributed by atoms with Crippen LogP contribution >= 0.6 is 0 Å². The van der Waals surface area contributed by atoms with Gasteiger partial charge < -0.3 is 15.4 Å². The Labute approximate surface area is 141 Å². The number of ether oxygens (including phenoxy) is 1. The number of hydrogen-bond acceptors (Lipinski definition) is 5. The van der Waals surface area contributed by atoms with Crippen LogP contribution in [-0.4, -0.2) is 35.1 Å². The molecule has 0 bridgehead atoms. The highest BCUT2D eigenvalue weighted by Crippen LogP contribution is 2.17. The number of rotatable bonds is 5. The zero-order valence-corrected chi connectivity index (χ0v) is 14.0. The van der Waals surface area contributed by atoms with E-state index in [1.807, 2.05) is 32.0 Å². The van der Waals surface area contributed by atoms with Crippen molar-refractivity contribution < 1.29 is 9.53 Å². The highest BCUT2D eigenvalue weighted by atomic mass is 16.5. The van der Waals surface area contributed by atoms with E-state index in [0.717, 1.165) is 36.3 Å². The van der Waals surface area contributed by atoms with Crippen LogP contribution in [0.1, 0.15) is 34.3 Å². The van der Waals surface area contributed by atoms with Crippen LogP contribution in [0, 0.1) is 13.8 Å². The second-order valence-electron chi connectivity index (χ2n) is 6.08. The summed E-state index contributed by atoms with van der Waals surface area (Å²) < 4.78 is 5.54. The first-order valence-corrected chi connectivity index (χ1v) is 8.18. The van der Waals surface area contributed by atoms with Crippen LogP contribution in [0.3, 0.4) is 0 Å². The number of hydrogen-bond donors (Lipinski definition) is 2. The minimum atomic E-state index is -0.214. The van der Waals surface area contributed by atoms with E-state index >= 15 is 0 Å². The number of aryl methyl sites for hydroxylation is 2. The van der Waals surface area contributed by atoms with E-state index < -0.39 is 0 Å². The molecule has 0 saturated carbocycles. The molecule has 0 radical (unpaired) electrons. The van der Waals surface area contributed by atoms with Crippen molar-refractivity contribution in [2.45, 2.75) is 32.8 Å². The molecule has 1 aromatic heterocycles. The van der Waals surface area contributed by atoms with Gasteiger partial charge in [-0.05, 0) is 43.9 Å². The fourth-order valence-electron chi connectivity index (χ4n) is 2.61. The van der Waals surface area contributed by atoms with Crippen LogP contribution in [0.15, 0.2) is 30.6 Å². The van der Waals surface area contributed by atoms with Gasteiger partial charge >= 0.3 is 0 Å². The standard InChI is InChI=1S/C18H22N4O2/c1-12-5-6-13(2)16(8-12)22-17(23)14-9-19-18(20-10-14)21-11-15-4-3-7-24-15/h5-6,8-10,15H,3-4,7,11H2,1-2H3,(H,22,23)(H,19,20,21). The number of anilines is 2. The van der Waals surface area contributed by atoms with Gasteiger partial charge in [0.15, 0.2) is 0 Å². The molecule has 3 rings (SSSR count). The molecule has 2 heterocycles. The Kier molecular flexibility index (Phi) is 5.05. The van der Waals surface area contributed by atoms with E-state index in [0.29, 0.717) is 18.1 Å². The summed E-state index contributed by atoms with van der Waals surface area (Å²) in [5, 5.41) is 6.04. The summed E-state index contributed by atoms with van der Waals surface area (Å²) in [6.45, 7) is 5.47. The third-order valence-electron chi connectivity index (χ3n) is 4.07. The van der Waals surface area contributed by atoms with E-state index in [4.69, 9.17) is 4.74 Å². The fraction of sp³-hybridized carbons (Fsp3) is 0.389. The fourth-order valence-corrected chi connectivity index (χ4v) is 2.61. The number of nitrogens with one attached hydrogen (secondary N) is 2. The quantitative estimate of drug-likeness (QED) is 0.883. The van der Waals surface area contributed by atoms with Crippen molar-refractivity contribution >= 4 is 17.5 Å². The average molecular weight is 326 g/mol. The third-order valence-corrected chi connectivity index (χ3v) is 4.07. The number of amides is 1. The molecule has 1 atom stereocenters. The van der Waals surface area contributed by atoms with E-state index in [1.54, 1.807) is 0 Å². The van der Waals surface area contributed by atoms with Crippen molar-refractivity contribution in [1.29, 1.82) is 0 Å². The molecular formula is C18H22N4O2. The van der Waals surface area contributed by atoms with E-state index in [2.05, 4.69) is 20.6 Å². The van der Waals surface area contributed by atoms with Crippen LogP contribution in [0.5, 0.6) is 0 Å². The molecule has 1 aliphatic heterocycles. The Morgan fingerprint density at radius 2 is 2.08 bits per heavy atom. The van der Waals surface area contributed by atoms with E-state index in [1.165, 1.54) is 12.4 Å². The minimum Gasteiger partial charge on any atom is -0.376 e. The summed E-state index contributed by atoms with van der Waals surface area (Å²) in [4.78, 5) is 20.7. The highest BCUT2D eigenvalue weighted by molar-refractivity contribution is 6.04. The average Bonchev–Trinajstić information content (AvgIpc) is 3.10. The van der Waals surface area contributed by atoms with Gasteiger partial charge in [0.25, 0.3) is 5.91 Å². The van der Waals surface area contributed by atoms with Gasteiger partial charge in [0, 0.05) is 31.2 Å². The van der Waals surface area contributed by atoms with Crippen molar-refractivity contribution in [2.75, 3.05) is 23.8 Å². The first-order valence-electron chi connectivity index (χ1n) is 8.18. The molecule has 6 heteroatoms. The lowest BCUT2D eigenvalue weighted by molar-refractivity contribution is 0.102. The lowest BCUT2D eigenvalue weighted by Gasteiger charge is -2.11. The van der Waals surface area contributed by atoms with Crippen LogP contribution in [0.4, 0.5) is 11.6 Å². The lowest BCUT2D eigenvalue weighted by atomic mass is 10.1. The highest BCUT2D eigenvalue weighted by Gasteiger charge is 2.15. The summed E-state index contributed by atoms with van der Waals surface area (Å²) in [7, 11) is 0. The molecule has 126 valence electrons. The molecule has 24 heavy (non-hydrogen) atoms. The Hall–Kier alpha value is -2.47. The van der Waals surface area contributed by atoms with Gasteiger partial charge in [-0.2, -0.15) is 0 Å². The van der Waals surface area contributed by atoms with Gasteiger partial charge in [0.2, 0.25) is 5.95 Å². The molecule has 0 spiro atoms. The Morgan fingerprint density at radius 3 is 2.79 bits per heavy atom. The summed E-state index contributed by atoms with van der Waals surface area (Å²) in [5.41, 5.74) is 3.35. The predicted octanol–water partition coefficient (Wildman–Crippen LogP) is 2.94. The van der Waals surface area contributed by atoms with Crippen LogP contribution in [0.25, 0.3) is 0 Å². The summed E-state index contributed by atoms with van der Waals surface area (Å²) >= 11 is 0. The molecule has 2 aromatic rings. The zero-order chi connectivity index (χ0) is 16.9. The largest absolute Gasteiger partial charge is 0.376 e. The molecule has 1 aromatic carbocycles. The topological polar surface area (TPSA) is 76.1 Å². The Balaban J connectivity index is 1.59.